The van der Waals surface area contributed by atoms with Gasteiger partial charge in [-0.05, 0) is 36.6 Å². The van der Waals surface area contributed by atoms with E-state index in [4.69, 9.17) is 9.47 Å². The molecule has 1 aromatic rings. The Labute approximate surface area is 103 Å². The van der Waals surface area contributed by atoms with Crippen molar-refractivity contribution in [1.82, 2.24) is 0 Å². The molecule has 3 nitrogen and oxygen atoms in total. The summed E-state index contributed by atoms with van der Waals surface area (Å²) in [6.07, 6.45) is 2.84. The van der Waals surface area contributed by atoms with Gasteiger partial charge in [0.25, 0.3) is 0 Å². The summed E-state index contributed by atoms with van der Waals surface area (Å²) >= 11 is 0. The Morgan fingerprint density at radius 1 is 1.18 bits per heavy atom. The second kappa shape index (κ2) is 6.94. The summed E-state index contributed by atoms with van der Waals surface area (Å²) in [5.41, 5.74) is 1.02. The van der Waals surface area contributed by atoms with Crippen LogP contribution >= 0.6 is 0 Å². The number of Topliss-reactive ketones (excluding diaryl/α,β-unsaturated/α-hetero) is 1. The zero-order valence-electron chi connectivity index (χ0n) is 10.8. The first-order chi connectivity index (χ1) is 8.21. The van der Waals surface area contributed by atoms with Crippen LogP contribution in [0.15, 0.2) is 18.2 Å². The third kappa shape index (κ3) is 4.10. The molecular weight excluding hydrogens is 216 g/mol. The van der Waals surface area contributed by atoms with Crippen LogP contribution < -0.4 is 9.47 Å². The number of hydrogen-bond donors (Lipinski definition) is 0. The molecule has 0 aliphatic rings. The van der Waals surface area contributed by atoms with Gasteiger partial charge in [0, 0.05) is 12.8 Å². The number of ketones is 1. The molecule has 0 bridgehead atoms. The van der Waals surface area contributed by atoms with Crippen molar-refractivity contribution in [2.45, 2.75) is 32.6 Å². The maximum Gasteiger partial charge on any atom is 0.133 e. The summed E-state index contributed by atoms with van der Waals surface area (Å²) in [7, 11) is 3.27. The molecule has 0 saturated carbocycles. The van der Waals surface area contributed by atoms with E-state index in [0.29, 0.717) is 25.0 Å². The third-order valence-corrected chi connectivity index (χ3v) is 2.69. The van der Waals surface area contributed by atoms with E-state index < -0.39 is 0 Å². The van der Waals surface area contributed by atoms with Crippen LogP contribution in [0.4, 0.5) is 0 Å². The quantitative estimate of drug-likeness (QED) is 0.730. The summed E-state index contributed by atoms with van der Waals surface area (Å²) in [4.78, 5) is 11.5. The van der Waals surface area contributed by atoms with Gasteiger partial charge in [0.05, 0.1) is 14.2 Å². The maximum atomic E-state index is 11.5. The van der Waals surface area contributed by atoms with E-state index in [9.17, 15) is 4.79 Å². The first-order valence-electron chi connectivity index (χ1n) is 5.93. The summed E-state index contributed by atoms with van der Waals surface area (Å²) in [6, 6.07) is 5.66. The van der Waals surface area contributed by atoms with E-state index in [1.807, 2.05) is 25.1 Å². The van der Waals surface area contributed by atoms with Crippen LogP contribution in [0, 0.1) is 0 Å². The van der Waals surface area contributed by atoms with Crippen LogP contribution in [0.25, 0.3) is 0 Å². The fraction of sp³-hybridized carbons (Fsp3) is 0.500. The SMILES string of the molecule is CCCC(=O)CCc1cc(OC)ccc1OC. The lowest BCUT2D eigenvalue weighted by molar-refractivity contribution is -0.119. The minimum Gasteiger partial charge on any atom is -0.497 e. The van der Waals surface area contributed by atoms with Crippen molar-refractivity contribution in [3.8, 4) is 11.5 Å². The Kier molecular flexibility index (Phi) is 5.53. The monoisotopic (exact) mass is 236 g/mol. The van der Waals surface area contributed by atoms with E-state index in [1.165, 1.54) is 0 Å². The molecule has 94 valence electrons. The second-order valence-electron chi connectivity index (χ2n) is 3.97. The van der Waals surface area contributed by atoms with E-state index in [1.54, 1.807) is 14.2 Å². The smallest absolute Gasteiger partial charge is 0.133 e. The lowest BCUT2D eigenvalue weighted by Gasteiger charge is -2.10. The molecule has 0 heterocycles. The summed E-state index contributed by atoms with van der Waals surface area (Å²) < 4.78 is 10.4. The molecule has 0 aromatic heterocycles. The van der Waals surface area contributed by atoms with Gasteiger partial charge in [-0.2, -0.15) is 0 Å². The molecule has 0 aliphatic carbocycles. The topological polar surface area (TPSA) is 35.5 Å². The highest BCUT2D eigenvalue weighted by atomic mass is 16.5. The molecule has 0 spiro atoms. The summed E-state index contributed by atoms with van der Waals surface area (Å²) in [6.45, 7) is 2.02. The standard InChI is InChI=1S/C14H20O3/c1-4-5-12(15)7-6-11-10-13(16-2)8-9-14(11)17-3/h8-10H,4-7H2,1-3H3. The van der Waals surface area contributed by atoms with Crippen molar-refractivity contribution >= 4 is 5.78 Å². The van der Waals surface area contributed by atoms with Crippen molar-refractivity contribution < 1.29 is 14.3 Å². The highest BCUT2D eigenvalue weighted by Crippen LogP contribution is 2.25. The van der Waals surface area contributed by atoms with Gasteiger partial charge in [0.2, 0.25) is 0 Å². The van der Waals surface area contributed by atoms with Crippen molar-refractivity contribution in [2.75, 3.05) is 14.2 Å². The first kappa shape index (κ1) is 13.6. The highest BCUT2D eigenvalue weighted by Gasteiger charge is 2.07. The van der Waals surface area contributed by atoms with Gasteiger partial charge < -0.3 is 9.47 Å². The Morgan fingerprint density at radius 3 is 2.53 bits per heavy atom. The summed E-state index contributed by atoms with van der Waals surface area (Å²) in [5.74, 6) is 1.91. The molecule has 0 aliphatic heterocycles. The summed E-state index contributed by atoms with van der Waals surface area (Å²) in [5, 5.41) is 0. The van der Waals surface area contributed by atoms with Gasteiger partial charge in [-0.25, -0.2) is 0 Å². The average Bonchev–Trinajstić information content (AvgIpc) is 2.36. The van der Waals surface area contributed by atoms with Gasteiger partial charge in [0.15, 0.2) is 0 Å². The number of hydrogen-bond acceptors (Lipinski definition) is 3. The average molecular weight is 236 g/mol. The van der Waals surface area contributed by atoms with Crippen LogP contribution in [0.2, 0.25) is 0 Å². The number of benzene rings is 1. The van der Waals surface area contributed by atoms with Crippen LogP contribution in [0.1, 0.15) is 31.7 Å². The fourth-order valence-corrected chi connectivity index (χ4v) is 1.76. The lowest BCUT2D eigenvalue weighted by Crippen LogP contribution is -2.01. The number of rotatable bonds is 7. The zero-order valence-corrected chi connectivity index (χ0v) is 10.8. The second-order valence-corrected chi connectivity index (χ2v) is 3.97. The normalized spacial score (nSPS) is 10.1. The predicted molar refractivity (Wildman–Crippen MR) is 67.8 cm³/mol. The van der Waals surface area contributed by atoms with Crippen LogP contribution in [0.5, 0.6) is 11.5 Å². The first-order valence-corrected chi connectivity index (χ1v) is 5.93. The maximum absolute atomic E-state index is 11.5. The van der Waals surface area contributed by atoms with E-state index >= 15 is 0 Å². The number of aryl methyl sites for hydroxylation is 1. The molecule has 0 amide bonds. The van der Waals surface area contributed by atoms with Gasteiger partial charge >= 0.3 is 0 Å². The van der Waals surface area contributed by atoms with Crippen LogP contribution in [0.3, 0.4) is 0 Å². The Balaban J connectivity index is 2.70. The van der Waals surface area contributed by atoms with Gasteiger partial charge in [-0.3, -0.25) is 4.79 Å². The molecule has 0 atom stereocenters. The molecular formula is C14H20O3. The van der Waals surface area contributed by atoms with Crippen LogP contribution in [-0.4, -0.2) is 20.0 Å². The van der Waals surface area contributed by atoms with Crippen LogP contribution in [-0.2, 0) is 11.2 Å². The van der Waals surface area contributed by atoms with Crippen molar-refractivity contribution in [3.63, 3.8) is 0 Å². The Morgan fingerprint density at radius 2 is 1.94 bits per heavy atom. The third-order valence-electron chi connectivity index (χ3n) is 2.69. The van der Waals surface area contributed by atoms with E-state index in [-0.39, 0.29) is 0 Å². The lowest BCUT2D eigenvalue weighted by atomic mass is 10.0. The number of methoxy groups -OCH3 is 2. The Bertz CT molecular complexity index is 372. The van der Waals surface area contributed by atoms with Gasteiger partial charge in [0.1, 0.15) is 17.3 Å². The fourth-order valence-electron chi connectivity index (χ4n) is 1.76. The minimum atomic E-state index is 0.303. The van der Waals surface area contributed by atoms with Crippen molar-refractivity contribution in [1.29, 1.82) is 0 Å². The zero-order chi connectivity index (χ0) is 12.7. The van der Waals surface area contributed by atoms with Crippen molar-refractivity contribution in [2.24, 2.45) is 0 Å². The molecule has 0 unspecified atom stereocenters. The van der Waals surface area contributed by atoms with E-state index in [2.05, 4.69) is 0 Å². The number of carbonyl (C=O) groups excluding carboxylic acids is 1. The van der Waals surface area contributed by atoms with Gasteiger partial charge in [-0.15, -0.1) is 0 Å². The molecule has 3 heteroatoms. The molecule has 0 fully saturated rings. The Hall–Kier alpha value is -1.51. The molecule has 0 N–H and O–H groups in total. The number of carbonyl (C=O) groups is 1. The molecule has 17 heavy (non-hydrogen) atoms. The van der Waals surface area contributed by atoms with Crippen molar-refractivity contribution in [3.05, 3.63) is 23.8 Å². The predicted octanol–water partition coefficient (Wildman–Crippen LogP) is 3.01. The molecule has 1 aromatic carbocycles. The van der Waals surface area contributed by atoms with Gasteiger partial charge in [-0.1, -0.05) is 6.92 Å². The minimum absolute atomic E-state index is 0.303. The number of ether oxygens (including phenoxy) is 2. The highest BCUT2D eigenvalue weighted by molar-refractivity contribution is 5.78. The molecule has 0 radical (unpaired) electrons. The van der Waals surface area contributed by atoms with E-state index in [0.717, 1.165) is 23.5 Å². The molecule has 0 saturated heterocycles. The largest absolute Gasteiger partial charge is 0.497 e. The molecule has 1 rings (SSSR count).